The zero-order chi connectivity index (χ0) is 15.2. The molecule has 0 atom stereocenters. The lowest BCUT2D eigenvalue weighted by Gasteiger charge is -2.07. The molecule has 21 heavy (non-hydrogen) atoms. The van der Waals surface area contributed by atoms with E-state index in [0.29, 0.717) is 24.2 Å². The third kappa shape index (κ3) is 4.37. The number of nitrogens with one attached hydrogen (secondary N) is 2. The fourth-order valence-corrected chi connectivity index (χ4v) is 2.35. The lowest BCUT2D eigenvalue weighted by Crippen LogP contribution is -2.18. The van der Waals surface area contributed by atoms with Gasteiger partial charge in [-0.2, -0.15) is 0 Å². The summed E-state index contributed by atoms with van der Waals surface area (Å²) < 4.78 is 14.4. The van der Waals surface area contributed by atoms with Gasteiger partial charge in [-0.25, -0.2) is 4.39 Å². The number of carbonyl (C=O) groups excluding carboxylic acids is 1. The minimum absolute atomic E-state index is 0.106. The molecule has 1 amide bonds. The Morgan fingerprint density at radius 2 is 1.86 bits per heavy atom. The van der Waals surface area contributed by atoms with Crippen LogP contribution in [0.4, 0.5) is 4.39 Å². The SMILES string of the molecule is CNC(=O)c1ccc(CNCc2cc(Br)ccc2F)cc1. The van der Waals surface area contributed by atoms with Crippen molar-refractivity contribution in [2.45, 2.75) is 13.1 Å². The first kappa shape index (κ1) is 15.7. The number of amides is 1. The van der Waals surface area contributed by atoms with Crippen LogP contribution in [0.5, 0.6) is 0 Å². The lowest BCUT2D eigenvalue weighted by molar-refractivity contribution is 0.0963. The fourth-order valence-electron chi connectivity index (χ4n) is 1.94. The minimum Gasteiger partial charge on any atom is -0.355 e. The molecule has 2 N–H and O–H groups in total. The maximum atomic E-state index is 13.6. The monoisotopic (exact) mass is 350 g/mol. The topological polar surface area (TPSA) is 41.1 Å². The highest BCUT2D eigenvalue weighted by atomic mass is 79.9. The summed E-state index contributed by atoms with van der Waals surface area (Å²) in [5, 5.41) is 5.76. The van der Waals surface area contributed by atoms with Crippen molar-refractivity contribution in [2.24, 2.45) is 0 Å². The van der Waals surface area contributed by atoms with Crippen molar-refractivity contribution in [2.75, 3.05) is 7.05 Å². The number of carbonyl (C=O) groups is 1. The molecule has 110 valence electrons. The van der Waals surface area contributed by atoms with Gasteiger partial charge in [-0.15, -0.1) is 0 Å². The highest BCUT2D eigenvalue weighted by molar-refractivity contribution is 9.10. The molecule has 0 heterocycles. The summed E-state index contributed by atoms with van der Waals surface area (Å²) in [5.74, 6) is -0.327. The summed E-state index contributed by atoms with van der Waals surface area (Å²) >= 11 is 3.33. The molecule has 0 saturated heterocycles. The van der Waals surface area contributed by atoms with Crippen LogP contribution in [0.25, 0.3) is 0 Å². The third-order valence-electron chi connectivity index (χ3n) is 3.10. The molecular weight excluding hydrogens is 335 g/mol. The Hall–Kier alpha value is -1.72. The van der Waals surface area contributed by atoms with Gasteiger partial charge in [0.2, 0.25) is 0 Å². The van der Waals surface area contributed by atoms with E-state index in [-0.39, 0.29) is 11.7 Å². The molecule has 2 aromatic carbocycles. The van der Waals surface area contributed by atoms with Crippen LogP contribution in [0, 0.1) is 5.82 Å². The average Bonchev–Trinajstić information content (AvgIpc) is 2.50. The van der Waals surface area contributed by atoms with Crippen LogP contribution >= 0.6 is 15.9 Å². The smallest absolute Gasteiger partial charge is 0.251 e. The number of halogens is 2. The first-order valence-electron chi connectivity index (χ1n) is 6.56. The normalized spacial score (nSPS) is 10.4. The van der Waals surface area contributed by atoms with Gasteiger partial charge in [0.15, 0.2) is 0 Å². The van der Waals surface area contributed by atoms with Gasteiger partial charge in [0.05, 0.1) is 0 Å². The summed E-state index contributed by atoms with van der Waals surface area (Å²) in [4.78, 5) is 11.4. The van der Waals surface area contributed by atoms with E-state index < -0.39 is 0 Å². The quantitative estimate of drug-likeness (QED) is 0.868. The van der Waals surface area contributed by atoms with Crippen LogP contribution in [-0.4, -0.2) is 13.0 Å². The van der Waals surface area contributed by atoms with Gasteiger partial charge < -0.3 is 10.6 Å². The van der Waals surface area contributed by atoms with E-state index in [1.165, 1.54) is 6.07 Å². The zero-order valence-electron chi connectivity index (χ0n) is 11.6. The maximum absolute atomic E-state index is 13.6. The van der Waals surface area contributed by atoms with Crippen molar-refractivity contribution in [3.05, 3.63) is 69.4 Å². The molecule has 0 aliphatic heterocycles. The number of benzene rings is 2. The van der Waals surface area contributed by atoms with E-state index in [2.05, 4.69) is 26.6 Å². The average molecular weight is 351 g/mol. The van der Waals surface area contributed by atoms with Crippen LogP contribution in [-0.2, 0) is 13.1 Å². The molecule has 5 heteroatoms. The Balaban J connectivity index is 1.91. The molecule has 2 rings (SSSR count). The van der Waals surface area contributed by atoms with Crippen LogP contribution in [0.1, 0.15) is 21.5 Å². The van der Waals surface area contributed by atoms with E-state index in [9.17, 15) is 9.18 Å². The molecule has 0 spiro atoms. The number of hydrogen-bond acceptors (Lipinski definition) is 2. The van der Waals surface area contributed by atoms with E-state index in [1.807, 2.05) is 12.1 Å². The second-order valence-corrected chi connectivity index (χ2v) is 5.53. The Labute approximate surface area is 131 Å². The second kappa shape index (κ2) is 7.33. The summed E-state index contributed by atoms with van der Waals surface area (Å²) in [6, 6.07) is 12.2. The highest BCUT2D eigenvalue weighted by Crippen LogP contribution is 2.15. The van der Waals surface area contributed by atoms with Gasteiger partial charge in [0, 0.05) is 35.7 Å². The summed E-state index contributed by atoms with van der Waals surface area (Å²) in [5.41, 5.74) is 2.28. The van der Waals surface area contributed by atoms with Crippen LogP contribution in [0.15, 0.2) is 46.9 Å². The van der Waals surface area contributed by atoms with Crippen molar-refractivity contribution in [3.8, 4) is 0 Å². The second-order valence-electron chi connectivity index (χ2n) is 4.62. The zero-order valence-corrected chi connectivity index (χ0v) is 13.2. The molecule has 0 bridgehead atoms. The van der Waals surface area contributed by atoms with Gasteiger partial charge >= 0.3 is 0 Å². The van der Waals surface area contributed by atoms with Crippen LogP contribution < -0.4 is 10.6 Å². The van der Waals surface area contributed by atoms with Gasteiger partial charge in [0.1, 0.15) is 5.82 Å². The van der Waals surface area contributed by atoms with Gasteiger partial charge in [0.25, 0.3) is 5.91 Å². The molecule has 0 saturated carbocycles. The standard InChI is InChI=1S/C16H16BrFN2O/c1-19-16(21)12-4-2-11(3-5-12)9-20-10-13-8-14(17)6-7-15(13)18/h2-8,20H,9-10H2,1H3,(H,19,21). The van der Waals surface area contributed by atoms with Gasteiger partial charge in [-0.3, -0.25) is 4.79 Å². The largest absolute Gasteiger partial charge is 0.355 e. The number of hydrogen-bond donors (Lipinski definition) is 2. The highest BCUT2D eigenvalue weighted by Gasteiger charge is 2.04. The summed E-state index contributed by atoms with van der Waals surface area (Å²) in [6.07, 6.45) is 0. The molecule has 0 aromatic heterocycles. The molecule has 0 fully saturated rings. The molecule has 0 aliphatic rings. The Bertz CT molecular complexity index is 629. The summed E-state index contributed by atoms with van der Waals surface area (Å²) in [6.45, 7) is 1.06. The van der Waals surface area contributed by atoms with Gasteiger partial charge in [-0.05, 0) is 35.9 Å². The van der Waals surface area contributed by atoms with Crippen LogP contribution in [0.3, 0.4) is 0 Å². The predicted octanol–water partition coefficient (Wildman–Crippen LogP) is 3.24. The molecule has 0 radical (unpaired) electrons. The first-order chi connectivity index (χ1) is 10.1. The van der Waals surface area contributed by atoms with Crippen LogP contribution in [0.2, 0.25) is 0 Å². The molecular formula is C16H16BrFN2O. The molecule has 0 unspecified atom stereocenters. The first-order valence-corrected chi connectivity index (χ1v) is 7.35. The van der Waals surface area contributed by atoms with Crippen molar-refractivity contribution in [1.29, 1.82) is 0 Å². The number of rotatable bonds is 5. The fraction of sp³-hybridized carbons (Fsp3) is 0.188. The van der Waals surface area contributed by atoms with Crippen molar-refractivity contribution < 1.29 is 9.18 Å². The van der Waals surface area contributed by atoms with Gasteiger partial charge in [-0.1, -0.05) is 28.1 Å². The van der Waals surface area contributed by atoms with Crippen molar-refractivity contribution in [3.63, 3.8) is 0 Å². The Morgan fingerprint density at radius 3 is 2.52 bits per heavy atom. The van der Waals surface area contributed by atoms with E-state index >= 15 is 0 Å². The Kier molecular flexibility index (Phi) is 5.47. The predicted molar refractivity (Wildman–Crippen MR) is 84.5 cm³/mol. The van der Waals surface area contributed by atoms with E-state index in [4.69, 9.17) is 0 Å². The van der Waals surface area contributed by atoms with E-state index in [1.54, 1.807) is 31.3 Å². The molecule has 0 aliphatic carbocycles. The maximum Gasteiger partial charge on any atom is 0.251 e. The minimum atomic E-state index is -0.222. The summed E-state index contributed by atoms with van der Waals surface area (Å²) in [7, 11) is 1.60. The Morgan fingerprint density at radius 1 is 1.14 bits per heavy atom. The third-order valence-corrected chi connectivity index (χ3v) is 3.59. The molecule has 2 aromatic rings. The van der Waals surface area contributed by atoms with Crippen molar-refractivity contribution >= 4 is 21.8 Å². The van der Waals surface area contributed by atoms with E-state index in [0.717, 1.165) is 10.0 Å². The van der Waals surface area contributed by atoms with Crippen molar-refractivity contribution in [1.82, 2.24) is 10.6 Å². The lowest BCUT2D eigenvalue weighted by atomic mass is 10.1. The molecule has 3 nitrogen and oxygen atoms in total.